The third-order valence-electron chi connectivity index (χ3n) is 2.88. The predicted octanol–water partition coefficient (Wildman–Crippen LogP) is 2.97. The van der Waals surface area contributed by atoms with Crippen molar-refractivity contribution < 1.29 is 9.84 Å². The molecule has 0 aliphatic heterocycles. The van der Waals surface area contributed by atoms with Gasteiger partial charge < -0.3 is 15.2 Å². The molecule has 0 aromatic carbocycles. The lowest BCUT2D eigenvalue weighted by molar-refractivity contribution is 0.119. The van der Waals surface area contributed by atoms with Gasteiger partial charge in [-0.15, -0.1) is 11.3 Å². The van der Waals surface area contributed by atoms with Crippen LogP contribution in [0.25, 0.3) is 0 Å². The average Bonchev–Trinajstić information content (AvgIpc) is 2.90. The minimum atomic E-state index is -0.411. The number of rotatable bonds is 10. The van der Waals surface area contributed by atoms with E-state index in [2.05, 4.69) is 12.2 Å². The summed E-state index contributed by atoms with van der Waals surface area (Å²) in [5.41, 5.74) is 0. The highest BCUT2D eigenvalue weighted by Gasteiger charge is 2.15. The Bertz CT molecular complexity index is 290. The van der Waals surface area contributed by atoms with E-state index in [1.54, 1.807) is 11.3 Å². The molecule has 0 fully saturated rings. The van der Waals surface area contributed by atoms with E-state index in [4.69, 9.17) is 4.74 Å². The first-order valence-electron chi connectivity index (χ1n) is 6.78. The van der Waals surface area contributed by atoms with Crippen molar-refractivity contribution in [3.05, 3.63) is 22.4 Å². The second kappa shape index (κ2) is 9.50. The monoisotopic (exact) mass is 271 g/mol. The summed E-state index contributed by atoms with van der Waals surface area (Å²) in [5.74, 6) is 0. The SMILES string of the molecule is CCCCOCCCNC(C)C(O)c1cccs1. The second-order valence-corrected chi connectivity index (χ2v) is 5.50. The first kappa shape index (κ1) is 15.6. The van der Waals surface area contributed by atoms with Crippen LogP contribution in [-0.2, 0) is 4.74 Å². The maximum Gasteiger partial charge on any atom is 0.103 e. The van der Waals surface area contributed by atoms with Gasteiger partial charge in [0.25, 0.3) is 0 Å². The first-order chi connectivity index (χ1) is 8.75. The van der Waals surface area contributed by atoms with Gasteiger partial charge in [-0.05, 0) is 37.8 Å². The molecule has 0 saturated heterocycles. The molecule has 1 rings (SSSR count). The van der Waals surface area contributed by atoms with Gasteiger partial charge in [-0.25, -0.2) is 0 Å². The predicted molar refractivity (Wildman–Crippen MR) is 77.1 cm³/mol. The normalized spacial score (nSPS) is 14.6. The van der Waals surface area contributed by atoms with Crippen molar-refractivity contribution in [3.63, 3.8) is 0 Å². The van der Waals surface area contributed by atoms with Gasteiger partial charge in [0.05, 0.1) is 0 Å². The van der Waals surface area contributed by atoms with Crippen molar-refractivity contribution in [3.8, 4) is 0 Å². The number of aliphatic hydroxyl groups is 1. The maximum atomic E-state index is 10.1. The summed E-state index contributed by atoms with van der Waals surface area (Å²) in [6.07, 6.45) is 2.90. The van der Waals surface area contributed by atoms with Crippen LogP contribution < -0.4 is 5.32 Å². The van der Waals surface area contributed by atoms with Crippen molar-refractivity contribution in [2.75, 3.05) is 19.8 Å². The van der Waals surface area contributed by atoms with E-state index in [1.807, 2.05) is 24.4 Å². The van der Waals surface area contributed by atoms with Crippen LogP contribution in [0.2, 0.25) is 0 Å². The highest BCUT2D eigenvalue weighted by molar-refractivity contribution is 7.10. The molecule has 0 amide bonds. The van der Waals surface area contributed by atoms with E-state index >= 15 is 0 Å². The Morgan fingerprint density at radius 2 is 2.17 bits per heavy atom. The molecule has 2 N–H and O–H groups in total. The van der Waals surface area contributed by atoms with Gasteiger partial charge in [0.15, 0.2) is 0 Å². The molecular formula is C14H25NO2S. The minimum absolute atomic E-state index is 0.0827. The molecule has 0 spiro atoms. The molecule has 1 heterocycles. The Morgan fingerprint density at radius 3 is 2.83 bits per heavy atom. The molecule has 2 unspecified atom stereocenters. The number of ether oxygens (including phenoxy) is 1. The molecule has 0 radical (unpaired) electrons. The third-order valence-corrected chi connectivity index (χ3v) is 3.83. The minimum Gasteiger partial charge on any atom is -0.386 e. The van der Waals surface area contributed by atoms with Gasteiger partial charge in [0, 0.05) is 24.1 Å². The summed E-state index contributed by atoms with van der Waals surface area (Å²) < 4.78 is 5.49. The zero-order chi connectivity index (χ0) is 13.2. The van der Waals surface area contributed by atoms with E-state index in [9.17, 15) is 5.11 Å². The van der Waals surface area contributed by atoms with Crippen molar-refractivity contribution in [2.24, 2.45) is 0 Å². The summed E-state index contributed by atoms with van der Waals surface area (Å²) in [6.45, 7) is 6.73. The topological polar surface area (TPSA) is 41.5 Å². The molecule has 0 aliphatic rings. The van der Waals surface area contributed by atoms with Gasteiger partial charge >= 0.3 is 0 Å². The van der Waals surface area contributed by atoms with Crippen LogP contribution in [0.15, 0.2) is 17.5 Å². The Hall–Kier alpha value is -0.420. The summed E-state index contributed by atoms with van der Waals surface area (Å²) in [6, 6.07) is 4.03. The molecule has 1 aromatic heterocycles. The van der Waals surface area contributed by atoms with Crippen LogP contribution in [-0.4, -0.2) is 30.9 Å². The molecule has 2 atom stereocenters. The summed E-state index contributed by atoms with van der Waals surface area (Å²) in [5, 5.41) is 15.4. The number of thiophene rings is 1. The van der Waals surface area contributed by atoms with Crippen LogP contribution in [0.5, 0.6) is 0 Å². The highest BCUT2D eigenvalue weighted by Crippen LogP contribution is 2.21. The Kier molecular flexibility index (Phi) is 8.25. The Morgan fingerprint density at radius 1 is 1.39 bits per heavy atom. The van der Waals surface area contributed by atoms with Crippen LogP contribution in [0.4, 0.5) is 0 Å². The highest BCUT2D eigenvalue weighted by atomic mass is 32.1. The lowest BCUT2D eigenvalue weighted by Crippen LogP contribution is -2.33. The molecule has 4 heteroatoms. The summed E-state index contributed by atoms with van der Waals surface area (Å²) in [7, 11) is 0. The lowest BCUT2D eigenvalue weighted by atomic mass is 10.1. The van der Waals surface area contributed by atoms with Gasteiger partial charge in [-0.2, -0.15) is 0 Å². The fraction of sp³-hybridized carbons (Fsp3) is 0.714. The molecule has 104 valence electrons. The summed E-state index contributed by atoms with van der Waals surface area (Å²) in [4.78, 5) is 1.02. The van der Waals surface area contributed by atoms with Gasteiger partial charge in [-0.3, -0.25) is 0 Å². The van der Waals surface area contributed by atoms with Crippen molar-refractivity contribution >= 4 is 11.3 Å². The molecule has 0 aliphatic carbocycles. The fourth-order valence-corrected chi connectivity index (χ4v) is 2.48. The molecule has 0 saturated carbocycles. The molecular weight excluding hydrogens is 246 g/mol. The van der Waals surface area contributed by atoms with Gasteiger partial charge in [0.2, 0.25) is 0 Å². The Labute approximate surface area is 114 Å². The number of hydrogen-bond acceptors (Lipinski definition) is 4. The van der Waals surface area contributed by atoms with E-state index in [0.29, 0.717) is 0 Å². The van der Waals surface area contributed by atoms with Crippen LogP contribution in [0.1, 0.15) is 44.1 Å². The largest absolute Gasteiger partial charge is 0.386 e. The third kappa shape index (κ3) is 5.96. The van der Waals surface area contributed by atoms with E-state index in [1.165, 1.54) is 6.42 Å². The number of aliphatic hydroxyl groups excluding tert-OH is 1. The molecule has 0 bridgehead atoms. The van der Waals surface area contributed by atoms with E-state index in [-0.39, 0.29) is 6.04 Å². The zero-order valence-electron chi connectivity index (χ0n) is 11.4. The van der Waals surface area contributed by atoms with Gasteiger partial charge in [-0.1, -0.05) is 19.4 Å². The number of hydrogen-bond donors (Lipinski definition) is 2. The van der Waals surface area contributed by atoms with Crippen molar-refractivity contribution in [1.82, 2.24) is 5.32 Å². The smallest absolute Gasteiger partial charge is 0.103 e. The zero-order valence-corrected chi connectivity index (χ0v) is 12.2. The lowest BCUT2D eigenvalue weighted by Gasteiger charge is -2.19. The van der Waals surface area contributed by atoms with Crippen LogP contribution in [0, 0.1) is 0 Å². The first-order valence-corrected chi connectivity index (χ1v) is 7.66. The van der Waals surface area contributed by atoms with Crippen LogP contribution >= 0.6 is 11.3 Å². The number of unbranched alkanes of at least 4 members (excludes halogenated alkanes) is 1. The van der Waals surface area contributed by atoms with Crippen molar-refractivity contribution in [2.45, 2.75) is 45.3 Å². The van der Waals surface area contributed by atoms with E-state index in [0.717, 1.165) is 37.5 Å². The Balaban J connectivity index is 2.05. The quantitative estimate of drug-likeness (QED) is 0.643. The molecule has 18 heavy (non-hydrogen) atoms. The van der Waals surface area contributed by atoms with E-state index < -0.39 is 6.10 Å². The number of nitrogens with one attached hydrogen (secondary N) is 1. The fourth-order valence-electron chi connectivity index (χ4n) is 1.67. The van der Waals surface area contributed by atoms with Crippen molar-refractivity contribution in [1.29, 1.82) is 0 Å². The standard InChI is InChI=1S/C14H25NO2S/c1-3-4-9-17-10-6-8-15-12(2)14(16)13-7-5-11-18-13/h5,7,11-12,14-16H,3-4,6,8-10H2,1-2H3. The molecule has 1 aromatic rings. The summed E-state index contributed by atoms with van der Waals surface area (Å²) >= 11 is 1.60. The molecule has 3 nitrogen and oxygen atoms in total. The second-order valence-electron chi connectivity index (χ2n) is 4.52. The maximum absolute atomic E-state index is 10.1. The van der Waals surface area contributed by atoms with Crippen LogP contribution in [0.3, 0.4) is 0 Å². The van der Waals surface area contributed by atoms with Gasteiger partial charge in [0.1, 0.15) is 6.10 Å². The average molecular weight is 271 g/mol.